The van der Waals surface area contributed by atoms with Crippen LogP contribution >= 0.6 is 0 Å². The second-order valence-corrected chi connectivity index (χ2v) is 10.2. The van der Waals surface area contributed by atoms with Gasteiger partial charge in [-0.2, -0.15) is 4.31 Å². The van der Waals surface area contributed by atoms with Gasteiger partial charge in [-0.25, -0.2) is 17.2 Å². The molecule has 2 heterocycles. The van der Waals surface area contributed by atoms with Crippen LogP contribution in [0.5, 0.6) is 11.5 Å². The lowest BCUT2D eigenvalue weighted by Crippen LogP contribution is -2.41. The van der Waals surface area contributed by atoms with E-state index in [0.29, 0.717) is 29.9 Å². The standard InChI is InChI=1S/C23H26F2N2O5S/c1-3-31-21-11-16-10-14(2)32-20(16)13-19(21)26-23(28)15-6-8-27(9-7-15)33(29,30)22-12-17(24)4-5-18(22)25/h4-5,11-15H,3,6-10H2,1-2H3,(H,26,28). The number of ether oxygens (including phenoxy) is 2. The van der Waals surface area contributed by atoms with Crippen molar-refractivity contribution >= 4 is 21.6 Å². The molecule has 0 bridgehead atoms. The zero-order valence-electron chi connectivity index (χ0n) is 18.4. The van der Waals surface area contributed by atoms with Crippen LogP contribution in [-0.2, 0) is 21.2 Å². The average Bonchev–Trinajstić information content (AvgIpc) is 3.14. The zero-order valence-corrected chi connectivity index (χ0v) is 19.3. The number of hydrogen-bond donors (Lipinski definition) is 1. The van der Waals surface area contributed by atoms with E-state index in [9.17, 15) is 22.0 Å². The van der Waals surface area contributed by atoms with Crippen molar-refractivity contribution in [3.63, 3.8) is 0 Å². The van der Waals surface area contributed by atoms with Crippen molar-refractivity contribution in [1.29, 1.82) is 0 Å². The van der Waals surface area contributed by atoms with Gasteiger partial charge in [-0.15, -0.1) is 0 Å². The molecular weight excluding hydrogens is 454 g/mol. The minimum Gasteiger partial charge on any atom is -0.492 e. The van der Waals surface area contributed by atoms with Gasteiger partial charge in [0.1, 0.15) is 34.1 Å². The summed E-state index contributed by atoms with van der Waals surface area (Å²) in [5.41, 5.74) is 1.53. The zero-order chi connectivity index (χ0) is 23.8. The van der Waals surface area contributed by atoms with Crippen LogP contribution in [0.3, 0.4) is 0 Å². The fourth-order valence-corrected chi connectivity index (χ4v) is 5.76. The quantitative estimate of drug-likeness (QED) is 0.681. The maximum atomic E-state index is 14.0. The van der Waals surface area contributed by atoms with Gasteiger partial charge in [-0.1, -0.05) is 0 Å². The number of nitrogens with zero attached hydrogens (tertiary/aromatic N) is 1. The molecule has 178 valence electrons. The number of rotatable bonds is 6. The number of carbonyl (C=O) groups is 1. The minimum atomic E-state index is -4.20. The van der Waals surface area contributed by atoms with E-state index in [4.69, 9.17) is 9.47 Å². The molecule has 2 aromatic carbocycles. The van der Waals surface area contributed by atoms with Crippen LogP contribution in [0.4, 0.5) is 14.5 Å². The van der Waals surface area contributed by atoms with Crippen molar-refractivity contribution in [1.82, 2.24) is 4.31 Å². The van der Waals surface area contributed by atoms with Gasteiger partial charge in [-0.3, -0.25) is 4.79 Å². The first-order valence-electron chi connectivity index (χ1n) is 10.9. The number of carbonyl (C=O) groups excluding carboxylic acids is 1. The molecule has 1 atom stereocenters. The second-order valence-electron chi connectivity index (χ2n) is 8.26. The number of sulfonamides is 1. The molecule has 1 saturated heterocycles. The Morgan fingerprint density at radius 3 is 2.64 bits per heavy atom. The lowest BCUT2D eigenvalue weighted by atomic mass is 9.97. The van der Waals surface area contributed by atoms with E-state index in [2.05, 4.69) is 5.32 Å². The Labute approximate surface area is 191 Å². The average molecular weight is 481 g/mol. The van der Waals surface area contributed by atoms with Crippen LogP contribution in [-0.4, -0.2) is 44.4 Å². The van der Waals surface area contributed by atoms with E-state index in [1.807, 2.05) is 19.9 Å². The van der Waals surface area contributed by atoms with Crippen molar-refractivity contribution in [3.8, 4) is 11.5 Å². The van der Waals surface area contributed by atoms with Crippen LogP contribution in [0.15, 0.2) is 35.2 Å². The molecule has 10 heteroatoms. The summed E-state index contributed by atoms with van der Waals surface area (Å²) in [6, 6.07) is 5.97. The summed E-state index contributed by atoms with van der Waals surface area (Å²) in [7, 11) is -4.20. The summed E-state index contributed by atoms with van der Waals surface area (Å²) in [5, 5.41) is 2.89. The molecule has 2 aliphatic heterocycles. The third kappa shape index (κ3) is 4.81. The van der Waals surface area contributed by atoms with Crippen LogP contribution in [0.25, 0.3) is 0 Å². The highest BCUT2D eigenvalue weighted by atomic mass is 32.2. The predicted octanol–water partition coefficient (Wildman–Crippen LogP) is 3.73. The molecule has 33 heavy (non-hydrogen) atoms. The van der Waals surface area contributed by atoms with E-state index in [1.165, 1.54) is 0 Å². The number of hydrogen-bond acceptors (Lipinski definition) is 5. The van der Waals surface area contributed by atoms with Crippen molar-refractivity contribution in [2.45, 2.75) is 44.1 Å². The van der Waals surface area contributed by atoms with Crippen molar-refractivity contribution < 1.29 is 31.5 Å². The molecule has 1 fully saturated rings. The summed E-state index contributed by atoms with van der Waals surface area (Å²) in [6.07, 6.45) is 1.33. The molecule has 1 unspecified atom stereocenters. The predicted molar refractivity (Wildman–Crippen MR) is 118 cm³/mol. The molecule has 2 aliphatic rings. The molecule has 0 aromatic heterocycles. The summed E-state index contributed by atoms with van der Waals surface area (Å²) in [4.78, 5) is 12.2. The molecule has 1 N–H and O–H groups in total. The summed E-state index contributed by atoms with van der Waals surface area (Å²) >= 11 is 0. The van der Waals surface area contributed by atoms with Gasteiger partial charge in [-0.05, 0) is 51.0 Å². The highest BCUT2D eigenvalue weighted by Gasteiger charge is 2.34. The number of piperidine rings is 1. The molecule has 2 aromatic rings. The molecular formula is C23H26F2N2O5S. The fraction of sp³-hybridized carbons (Fsp3) is 0.435. The summed E-state index contributed by atoms with van der Waals surface area (Å²) < 4.78 is 65.6. The van der Waals surface area contributed by atoms with E-state index in [-0.39, 0.29) is 37.9 Å². The van der Waals surface area contributed by atoms with Crippen LogP contribution in [0.2, 0.25) is 0 Å². The van der Waals surface area contributed by atoms with Gasteiger partial charge < -0.3 is 14.8 Å². The van der Waals surface area contributed by atoms with Gasteiger partial charge in [0.05, 0.1) is 12.3 Å². The van der Waals surface area contributed by atoms with Gasteiger partial charge in [0.15, 0.2) is 0 Å². The maximum Gasteiger partial charge on any atom is 0.246 e. The Bertz CT molecular complexity index is 1160. The Kier molecular flexibility index (Phi) is 6.58. The fourth-order valence-electron chi connectivity index (χ4n) is 4.22. The normalized spacial score (nSPS) is 19.1. The molecule has 0 saturated carbocycles. The molecule has 0 aliphatic carbocycles. The Balaban J connectivity index is 1.44. The maximum absolute atomic E-state index is 14.0. The largest absolute Gasteiger partial charge is 0.492 e. The first kappa shape index (κ1) is 23.4. The summed E-state index contributed by atoms with van der Waals surface area (Å²) in [5.74, 6) is -1.26. The van der Waals surface area contributed by atoms with Crippen LogP contribution < -0.4 is 14.8 Å². The van der Waals surface area contributed by atoms with Gasteiger partial charge in [0.2, 0.25) is 15.9 Å². The van der Waals surface area contributed by atoms with Gasteiger partial charge >= 0.3 is 0 Å². The topological polar surface area (TPSA) is 84.9 Å². The van der Waals surface area contributed by atoms with E-state index < -0.39 is 32.5 Å². The number of fused-ring (bicyclic) bond motifs is 1. The van der Waals surface area contributed by atoms with Crippen molar-refractivity contribution in [3.05, 3.63) is 47.5 Å². The minimum absolute atomic E-state index is 0.0273. The monoisotopic (exact) mass is 480 g/mol. The van der Waals surface area contributed by atoms with Gasteiger partial charge in [0, 0.05) is 37.1 Å². The van der Waals surface area contributed by atoms with Crippen molar-refractivity contribution in [2.75, 3.05) is 25.0 Å². The Morgan fingerprint density at radius 2 is 1.94 bits per heavy atom. The number of anilines is 1. The molecule has 0 radical (unpaired) electrons. The second kappa shape index (κ2) is 9.26. The summed E-state index contributed by atoms with van der Waals surface area (Å²) in [6.45, 7) is 4.32. The number of amides is 1. The third-order valence-corrected chi connectivity index (χ3v) is 7.81. The number of benzene rings is 2. The van der Waals surface area contributed by atoms with Gasteiger partial charge in [0.25, 0.3) is 0 Å². The molecule has 1 amide bonds. The third-order valence-electron chi connectivity index (χ3n) is 5.89. The Morgan fingerprint density at radius 1 is 1.21 bits per heavy atom. The highest BCUT2D eigenvalue weighted by Crippen LogP contribution is 2.38. The van der Waals surface area contributed by atoms with Crippen LogP contribution in [0, 0.1) is 17.6 Å². The lowest BCUT2D eigenvalue weighted by molar-refractivity contribution is -0.120. The van der Waals surface area contributed by atoms with E-state index in [1.54, 1.807) is 6.07 Å². The molecule has 7 nitrogen and oxygen atoms in total. The number of nitrogens with one attached hydrogen (secondary N) is 1. The number of halogens is 2. The first-order valence-corrected chi connectivity index (χ1v) is 12.4. The first-order chi connectivity index (χ1) is 15.7. The van der Waals surface area contributed by atoms with E-state index >= 15 is 0 Å². The Hall–Kier alpha value is -2.72. The van der Waals surface area contributed by atoms with E-state index in [0.717, 1.165) is 28.4 Å². The SMILES string of the molecule is CCOc1cc2c(cc1NC(=O)C1CCN(S(=O)(=O)c3cc(F)ccc3F)CC1)OC(C)C2. The smallest absolute Gasteiger partial charge is 0.246 e. The lowest BCUT2D eigenvalue weighted by Gasteiger charge is -2.30. The van der Waals surface area contributed by atoms with Crippen molar-refractivity contribution in [2.24, 2.45) is 5.92 Å². The molecule has 0 spiro atoms. The molecule has 4 rings (SSSR count). The highest BCUT2D eigenvalue weighted by molar-refractivity contribution is 7.89. The van der Waals surface area contributed by atoms with Crippen LogP contribution in [0.1, 0.15) is 32.3 Å².